The van der Waals surface area contributed by atoms with Crippen LogP contribution < -0.4 is 15.8 Å². The minimum absolute atomic E-state index is 0.0551. The number of rotatable bonds is 7. The number of anilines is 3. The Morgan fingerprint density at radius 3 is 2.53 bits per heavy atom. The predicted octanol–water partition coefficient (Wildman–Crippen LogP) is 1.76. The summed E-state index contributed by atoms with van der Waals surface area (Å²) in [4.78, 5) is 41.9. The maximum atomic E-state index is 15.0. The van der Waals surface area contributed by atoms with Crippen LogP contribution in [0, 0.1) is 5.82 Å². The van der Waals surface area contributed by atoms with Crippen molar-refractivity contribution >= 4 is 34.3 Å². The van der Waals surface area contributed by atoms with E-state index < -0.39 is 0 Å². The molecule has 2 aliphatic heterocycles. The highest BCUT2D eigenvalue weighted by molar-refractivity contribution is 5.87. The van der Waals surface area contributed by atoms with Crippen molar-refractivity contribution in [2.75, 3.05) is 76.2 Å². The molecule has 1 aromatic carbocycles. The third-order valence-corrected chi connectivity index (χ3v) is 7.27. The molecule has 2 aromatic heterocycles. The van der Waals surface area contributed by atoms with Crippen molar-refractivity contribution < 1.29 is 9.18 Å². The Morgan fingerprint density at radius 1 is 1.05 bits per heavy atom. The second-order valence-electron chi connectivity index (χ2n) is 9.75. The molecule has 0 saturated carbocycles. The van der Waals surface area contributed by atoms with Crippen molar-refractivity contribution in [2.45, 2.75) is 6.54 Å². The number of nitrogens with zero attached hydrogens (tertiary/aromatic N) is 7. The number of pyridine rings is 1. The summed E-state index contributed by atoms with van der Waals surface area (Å²) in [5.74, 6) is -0.0622. The average Bonchev–Trinajstić information content (AvgIpc) is 2.93. The van der Waals surface area contributed by atoms with Gasteiger partial charge >= 0.3 is 0 Å². The molecule has 11 heteroatoms. The van der Waals surface area contributed by atoms with Crippen molar-refractivity contribution in [2.24, 2.45) is 0 Å². The van der Waals surface area contributed by atoms with Gasteiger partial charge in [-0.25, -0.2) is 9.37 Å². The standard InChI is InChI=1S/C27H33FN8O2/c1-3-24(37)35-15-10-33(11-16-35)12-17-36-25(38)7-4-20-19-29-27(31-26(20)36)30-21-5-6-23(22(28)18-21)34-13-8-32(2)9-14-34/h3-7,18-19H,1,8-17H2,2H3,(H,29,30,31). The highest BCUT2D eigenvalue weighted by Crippen LogP contribution is 2.25. The Hall–Kier alpha value is -3.83. The van der Waals surface area contributed by atoms with Crippen LogP contribution in [0.4, 0.5) is 21.7 Å². The molecule has 200 valence electrons. The number of likely N-dealkylation sites (N-methyl/N-ethyl adjacent to an activating group) is 1. The summed E-state index contributed by atoms with van der Waals surface area (Å²) in [7, 11) is 2.07. The van der Waals surface area contributed by atoms with E-state index in [1.807, 2.05) is 6.07 Å². The van der Waals surface area contributed by atoms with Gasteiger partial charge in [-0.05, 0) is 37.4 Å². The van der Waals surface area contributed by atoms with Gasteiger partial charge in [0.2, 0.25) is 11.9 Å². The van der Waals surface area contributed by atoms with E-state index in [4.69, 9.17) is 0 Å². The van der Waals surface area contributed by atoms with Gasteiger partial charge in [0, 0.05) is 88.8 Å². The van der Waals surface area contributed by atoms with E-state index in [2.05, 4.69) is 43.6 Å². The fourth-order valence-corrected chi connectivity index (χ4v) is 4.93. The Kier molecular flexibility index (Phi) is 7.66. The summed E-state index contributed by atoms with van der Waals surface area (Å²) >= 11 is 0. The zero-order valence-electron chi connectivity index (χ0n) is 21.6. The fourth-order valence-electron chi connectivity index (χ4n) is 4.93. The van der Waals surface area contributed by atoms with Gasteiger partial charge in [0.1, 0.15) is 11.5 Å². The van der Waals surface area contributed by atoms with Crippen LogP contribution >= 0.6 is 0 Å². The highest BCUT2D eigenvalue weighted by atomic mass is 19.1. The van der Waals surface area contributed by atoms with Gasteiger partial charge in [-0.3, -0.25) is 19.1 Å². The fraction of sp³-hybridized carbons (Fsp3) is 0.407. The van der Waals surface area contributed by atoms with Crippen molar-refractivity contribution in [1.29, 1.82) is 0 Å². The first kappa shape index (κ1) is 25.8. The van der Waals surface area contributed by atoms with E-state index in [1.54, 1.807) is 27.8 Å². The molecule has 0 aliphatic carbocycles. The number of fused-ring (bicyclic) bond motifs is 1. The lowest BCUT2D eigenvalue weighted by atomic mass is 10.2. The molecule has 2 fully saturated rings. The second-order valence-corrected chi connectivity index (χ2v) is 9.75. The number of aromatic nitrogens is 3. The van der Waals surface area contributed by atoms with Gasteiger partial charge in [0.05, 0.1) is 5.69 Å². The van der Waals surface area contributed by atoms with Crippen LogP contribution in [0.15, 0.2) is 54.0 Å². The lowest BCUT2D eigenvalue weighted by molar-refractivity contribution is -0.127. The van der Waals surface area contributed by atoms with Gasteiger partial charge in [0.15, 0.2) is 0 Å². The van der Waals surface area contributed by atoms with Crippen molar-refractivity contribution in [1.82, 2.24) is 29.2 Å². The largest absolute Gasteiger partial charge is 0.367 e. The van der Waals surface area contributed by atoms with Gasteiger partial charge in [0.25, 0.3) is 5.56 Å². The van der Waals surface area contributed by atoms with Crippen molar-refractivity contribution in [3.05, 3.63) is 65.4 Å². The third-order valence-electron chi connectivity index (χ3n) is 7.27. The molecular weight excluding hydrogens is 487 g/mol. The summed E-state index contributed by atoms with van der Waals surface area (Å²) < 4.78 is 16.6. The van der Waals surface area contributed by atoms with Crippen LogP contribution in [0.5, 0.6) is 0 Å². The predicted molar refractivity (Wildman–Crippen MR) is 146 cm³/mol. The molecule has 0 bridgehead atoms. The first-order valence-electron chi connectivity index (χ1n) is 12.9. The second kappa shape index (κ2) is 11.3. The molecule has 0 unspecified atom stereocenters. The van der Waals surface area contributed by atoms with Crippen LogP contribution in [0.25, 0.3) is 11.0 Å². The van der Waals surface area contributed by atoms with E-state index in [0.29, 0.717) is 49.1 Å². The highest BCUT2D eigenvalue weighted by Gasteiger charge is 2.20. The van der Waals surface area contributed by atoms with E-state index in [0.717, 1.165) is 44.7 Å². The first-order valence-corrected chi connectivity index (χ1v) is 12.9. The average molecular weight is 521 g/mol. The molecule has 5 rings (SSSR count). The van der Waals surface area contributed by atoms with E-state index >= 15 is 0 Å². The molecule has 1 amide bonds. The number of nitrogens with one attached hydrogen (secondary N) is 1. The molecule has 0 radical (unpaired) electrons. The molecule has 0 atom stereocenters. The minimum Gasteiger partial charge on any atom is -0.367 e. The Morgan fingerprint density at radius 2 is 1.82 bits per heavy atom. The maximum Gasteiger partial charge on any atom is 0.252 e. The molecule has 2 saturated heterocycles. The Bertz CT molecular complexity index is 1380. The number of carbonyl (C=O) groups is 1. The molecule has 38 heavy (non-hydrogen) atoms. The van der Waals surface area contributed by atoms with Crippen LogP contribution in [-0.4, -0.2) is 101 Å². The molecule has 3 aromatic rings. The molecule has 10 nitrogen and oxygen atoms in total. The van der Waals surface area contributed by atoms with E-state index in [-0.39, 0.29) is 17.3 Å². The summed E-state index contributed by atoms with van der Waals surface area (Å²) in [6.45, 7) is 10.8. The number of carbonyl (C=O) groups excluding carboxylic acids is 1. The molecule has 2 aliphatic rings. The number of hydrogen-bond acceptors (Lipinski definition) is 8. The van der Waals surface area contributed by atoms with Crippen molar-refractivity contribution in [3.63, 3.8) is 0 Å². The van der Waals surface area contributed by atoms with Crippen molar-refractivity contribution in [3.8, 4) is 0 Å². The third kappa shape index (κ3) is 5.68. The minimum atomic E-state index is -0.299. The summed E-state index contributed by atoms with van der Waals surface area (Å²) in [5.41, 5.74) is 1.50. The van der Waals surface area contributed by atoms with Gasteiger partial charge in [-0.2, -0.15) is 4.98 Å². The van der Waals surface area contributed by atoms with E-state index in [1.165, 1.54) is 18.2 Å². The normalized spacial score (nSPS) is 17.1. The molecule has 0 spiro atoms. The maximum absolute atomic E-state index is 15.0. The zero-order valence-corrected chi connectivity index (χ0v) is 21.6. The van der Waals surface area contributed by atoms with Crippen LogP contribution in [-0.2, 0) is 11.3 Å². The smallest absolute Gasteiger partial charge is 0.252 e. The molecule has 1 N–H and O–H groups in total. The van der Waals surface area contributed by atoms with Gasteiger partial charge in [-0.1, -0.05) is 6.58 Å². The van der Waals surface area contributed by atoms with Gasteiger partial charge < -0.3 is 20.0 Å². The number of benzene rings is 1. The molecular formula is C27H33FN8O2. The number of hydrogen-bond donors (Lipinski definition) is 1. The number of piperazine rings is 2. The topological polar surface area (TPSA) is 89.8 Å². The first-order chi connectivity index (χ1) is 18.4. The SMILES string of the molecule is C=CC(=O)N1CCN(CCn2c(=O)ccc3cnc(Nc4ccc(N5CCN(C)CC5)c(F)c4)nc32)CC1. The summed E-state index contributed by atoms with van der Waals surface area (Å²) in [6.07, 6.45) is 3.00. The van der Waals surface area contributed by atoms with E-state index in [9.17, 15) is 14.0 Å². The monoisotopic (exact) mass is 520 g/mol. The Labute approximate surface area is 221 Å². The summed E-state index contributed by atoms with van der Waals surface area (Å²) in [5, 5.41) is 3.83. The number of halogens is 1. The van der Waals surface area contributed by atoms with Crippen LogP contribution in [0.3, 0.4) is 0 Å². The number of amides is 1. The quantitative estimate of drug-likeness (QED) is 0.472. The zero-order chi connectivity index (χ0) is 26.6. The summed E-state index contributed by atoms with van der Waals surface area (Å²) in [6, 6.07) is 8.28. The Balaban J connectivity index is 1.29. The van der Waals surface area contributed by atoms with Crippen LogP contribution in [0.1, 0.15) is 0 Å². The lowest BCUT2D eigenvalue weighted by Gasteiger charge is -2.34. The molecule has 4 heterocycles. The lowest BCUT2D eigenvalue weighted by Crippen LogP contribution is -2.49. The van der Waals surface area contributed by atoms with Gasteiger partial charge in [-0.15, -0.1) is 0 Å². The van der Waals surface area contributed by atoms with Crippen LogP contribution in [0.2, 0.25) is 0 Å².